The molecule has 0 radical (unpaired) electrons. The molecule has 0 saturated carbocycles. The zero-order chi connectivity index (χ0) is 14.9. The molecule has 2 fully saturated rings. The highest BCUT2D eigenvalue weighted by Gasteiger charge is 2.41. The number of nitrogens with zero attached hydrogens (tertiary/aromatic N) is 4. The number of ether oxygens (including phenoxy) is 2. The standard InChI is InChI=1S/C13H14N4O4/c14-7-10-6-11(17(18)19)8-15-12(10)16-3-1-2-13(9-16)20-4-5-21-13/h6,8H,1-5,9H2. The number of piperidine rings is 1. The second-order valence-corrected chi connectivity index (χ2v) is 5.07. The first-order chi connectivity index (χ1) is 10.1. The second kappa shape index (κ2) is 5.27. The van der Waals surface area contributed by atoms with Gasteiger partial charge in [-0.15, -0.1) is 0 Å². The summed E-state index contributed by atoms with van der Waals surface area (Å²) in [6.45, 7) is 2.32. The van der Waals surface area contributed by atoms with Crippen molar-refractivity contribution in [1.29, 1.82) is 5.26 Å². The molecular formula is C13H14N4O4. The van der Waals surface area contributed by atoms with Crippen LogP contribution in [0.1, 0.15) is 18.4 Å². The number of aromatic nitrogens is 1. The lowest BCUT2D eigenvalue weighted by Gasteiger charge is -2.39. The smallest absolute Gasteiger partial charge is 0.289 e. The van der Waals surface area contributed by atoms with Crippen LogP contribution in [0.3, 0.4) is 0 Å². The van der Waals surface area contributed by atoms with Crippen LogP contribution in [0, 0.1) is 21.4 Å². The number of hydrogen-bond acceptors (Lipinski definition) is 7. The van der Waals surface area contributed by atoms with Crippen molar-refractivity contribution < 1.29 is 14.4 Å². The summed E-state index contributed by atoms with van der Waals surface area (Å²) >= 11 is 0. The van der Waals surface area contributed by atoms with Gasteiger partial charge in [0.25, 0.3) is 5.69 Å². The van der Waals surface area contributed by atoms with Gasteiger partial charge in [-0.3, -0.25) is 10.1 Å². The van der Waals surface area contributed by atoms with Gasteiger partial charge in [-0.1, -0.05) is 0 Å². The van der Waals surface area contributed by atoms with Gasteiger partial charge in [-0.05, 0) is 6.42 Å². The largest absolute Gasteiger partial charge is 0.350 e. The molecule has 110 valence electrons. The van der Waals surface area contributed by atoms with Crippen LogP contribution < -0.4 is 4.90 Å². The third-order valence-corrected chi connectivity index (χ3v) is 3.71. The van der Waals surface area contributed by atoms with Gasteiger partial charge in [0.05, 0.1) is 24.7 Å². The van der Waals surface area contributed by atoms with Crippen molar-refractivity contribution in [2.75, 3.05) is 31.2 Å². The number of nitro groups is 1. The fraction of sp³-hybridized carbons (Fsp3) is 0.538. The van der Waals surface area contributed by atoms with E-state index >= 15 is 0 Å². The second-order valence-electron chi connectivity index (χ2n) is 5.07. The van der Waals surface area contributed by atoms with Crippen LogP contribution >= 0.6 is 0 Å². The van der Waals surface area contributed by atoms with Gasteiger partial charge >= 0.3 is 0 Å². The Labute approximate surface area is 121 Å². The third-order valence-electron chi connectivity index (χ3n) is 3.71. The van der Waals surface area contributed by atoms with E-state index in [2.05, 4.69) is 4.98 Å². The van der Waals surface area contributed by atoms with Crippen molar-refractivity contribution >= 4 is 11.5 Å². The van der Waals surface area contributed by atoms with Crippen molar-refractivity contribution in [2.45, 2.75) is 18.6 Å². The minimum Gasteiger partial charge on any atom is -0.350 e. The molecule has 0 aromatic carbocycles. The highest BCUT2D eigenvalue weighted by molar-refractivity contribution is 5.57. The molecule has 0 N–H and O–H groups in total. The molecule has 8 heteroatoms. The van der Waals surface area contributed by atoms with Crippen LogP contribution in [0.5, 0.6) is 0 Å². The van der Waals surface area contributed by atoms with Crippen LogP contribution in [0.25, 0.3) is 0 Å². The molecule has 1 spiro atoms. The van der Waals surface area contributed by atoms with Crippen LogP contribution in [-0.4, -0.2) is 42.0 Å². The highest BCUT2D eigenvalue weighted by Crippen LogP contribution is 2.33. The zero-order valence-electron chi connectivity index (χ0n) is 11.3. The van der Waals surface area contributed by atoms with Crippen molar-refractivity contribution in [2.24, 2.45) is 0 Å². The summed E-state index contributed by atoms with van der Waals surface area (Å²) in [5.74, 6) is -0.185. The topological polar surface area (TPSA) is 102 Å². The van der Waals surface area contributed by atoms with E-state index in [4.69, 9.17) is 9.47 Å². The Balaban J connectivity index is 1.89. The minimum atomic E-state index is -0.631. The molecule has 2 aliphatic rings. The average Bonchev–Trinajstić information content (AvgIpc) is 2.94. The average molecular weight is 290 g/mol. The van der Waals surface area contributed by atoms with Gasteiger partial charge in [0.1, 0.15) is 23.6 Å². The van der Waals surface area contributed by atoms with Crippen LogP contribution in [0.15, 0.2) is 12.3 Å². The fourth-order valence-electron chi connectivity index (χ4n) is 2.78. The first kappa shape index (κ1) is 13.7. The Morgan fingerprint density at radius 1 is 1.48 bits per heavy atom. The fourth-order valence-corrected chi connectivity index (χ4v) is 2.78. The van der Waals surface area contributed by atoms with E-state index in [-0.39, 0.29) is 11.3 Å². The van der Waals surface area contributed by atoms with Gasteiger partial charge in [-0.2, -0.15) is 5.26 Å². The lowest BCUT2D eigenvalue weighted by molar-refractivity contribution is -0.385. The van der Waals surface area contributed by atoms with Gasteiger partial charge in [0, 0.05) is 19.0 Å². The Morgan fingerprint density at radius 2 is 2.24 bits per heavy atom. The molecule has 1 aromatic heterocycles. The monoisotopic (exact) mass is 290 g/mol. The summed E-state index contributed by atoms with van der Waals surface area (Å²) in [4.78, 5) is 16.2. The number of pyridine rings is 1. The molecule has 3 heterocycles. The molecule has 0 unspecified atom stereocenters. The van der Waals surface area contributed by atoms with Gasteiger partial charge in [-0.25, -0.2) is 4.98 Å². The first-order valence-corrected chi connectivity index (χ1v) is 6.71. The van der Waals surface area contributed by atoms with E-state index < -0.39 is 10.7 Å². The SMILES string of the molecule is N#Cc1cc([N+](=O)[O-])cnc1N1CCCC2(C1)OCCO2. The molecule has 0 aliphatic carbocycles. The molecule has 0 bridgehead atoms. The maximum atomic E-state index is 10.8. The first-order valence-electron chi connectivity index (χ1n) is 6.71. The molecule has 0 amide bonds. The van der Waals surface area contributed by atoms with Crippen molar-refractivity contribution in [3.63, 3.8) is 0 Å². The van der Waals surface area contributed by atoms with E-state index in [0.29, 0.717) is 32.1 Å². The molecule has 2 aliphatic heterocycles. The van der Waals surface area contributed by atoms with E-state index in [1.165, 1.54) is 12.3 Å². The Morgan fingerprint density at radius 3 is 2.90 bits per heavy atom. The summed E-state index contributed by atoms with van der Waals surface area (Å²) in [6, 6.07) is 3.23. The number of hydrogen-bond donors (Lipinski definition) is 0. The molecular weight excluding hydrogens is 276 g/mol. The molecule has 2 saturated heterocycles. The summed E-state index contributed by atoms with van der Waals surface area (Å²) in [6.07, 6.45) is 2.83. The van der Waals surface area contributed by atoms with E-state index in [0.717, 1.165) is 12.8 Å². The highest BCUT2D eigenvalue weighted by atomic mass is 16.7. The van der Waals surface area contributed by atoms with Gasteiger partial charge in [0.15, 0.2) is 5.79 Å². The van der Waals surface area contributed by atoms with Crippen LogP contribution in [0.4, 0.5) is 11.5 Å². The minimum absolute atomic E-state index is 0.185. The molecule has 8 nitrogen and oxygen atoms in total. The zero-order valence-corrected chi connectivity index (χ0v) is 11.3. The number of rotatable bonds is 2. The van der Waals surface area contributed by atoms with E-state index in [1.54, 1.807) is 0 Å². The Kier molecular flexibility index (Phi) is 3.45. The lowest BCUT2D eigenvalue weighted by Crippen LogP contribution is -2.49. The predicted molar refractivity (Wildman–Crippen MR) is 71.7 cm³/mol. The van der Waals surface area contributed by atoms with Gasteiger partial charge in [0.2, 0.25) is 0 Å². The quantitative estimate of drug-likeness (QED) is 0.595. The molecule has 21 heavy (non-hydrogen) atoms. The summed E-state index contributed by atoms with van der Waals surface area (Å²) in [5, 5.41) is 20.0. The third kappa shape index (κ3) is 2.53. The molecule has 1 aromatic rings. The Bertz CT molecular complexity index is 607. The number of anilines is 1. The number of nitriles is 1. The molecule has 0 atom stereocenters. The maximum Gasteiger partial charge on any atom is 0.289 e. The molecule has 3 rings (SSSR count). The van der Waals surface area contributed by atoms with Crippen molar-refractivity contribution in [3.8, 4) is 6.07 Å². The normalized spacial score (nSPS) is 20.4. The summed E-state index contributed by atoms with van der Waals surface area (Å²) in [7, 11) is 0. The van der Waals surface area contributed by atoms with Gasteiger partial charge < -0.3 is 14.4 Å². The van der Waals surface area contributed by atoms with Crippen molar-refractivity contribution in [1.82, 2.24) is 4.98 Å². The van der Waals surface area contributed by atoms with E-state index in [1.807, 2.05) is 11.0 Å². The van der Waals surface area contributed by atoms with Crippen LogP contribution in [-0.2, 0) is 9.47 Å². The van der Waals surface area contributed by atoms with Crippen molar-refractivity contribution in [3.05, 3.63) is 27.9 Å². The van der Waals surface area contributed by atoms with E-state index in [9.17, 15) is 15.4 Å². The lowest BCUT2D eigenvalue weighted by atomic mass is 10.0. The van der Waals surface area contributed by atoms with Crippen LogP contribution in [0.2, 0.25) is 0 Å². The Hall–Kier alpha value is -2.24. The maximum absolute atomic E-state index is 10.8. The summed E-state index contributed by atoms with van der Waals surface area (Å²) in [5.41, 5.74) is 0.00892. The predicted octanol–water partition coefficient (Wildman–Crippen LogP) is 1.20. The summed E-state index contributed by atoms with van der Waals surface area (Å²) < 4.78 is 11.4.